The van der Waals surface area contributed by atoms with Crippen LogP contribution in [0, 0.1) is 0 Å². The van der Waals surface area contributed by atoms with Crippen LogP contribution in [0.15, 0.2) is 168 Å². The van der Waals surface area contributed by atoms with Gasteiger partial charge in [-0.3, -0.25) is 4.98 Å². The van der Waals surface area contributed by atoms with E-state index in [1.165, 1.54) is 10.8 Å². The van der Waals surface area contributed by atoms with Crippen LogP contribution in [-0.4, -0.2) is 24.5 Å². The number of rotatable bonds is 5. The average Bonchev–Trinajstić information content (AvgIpc) is 3.74. The van der Waals surface area contributed by atoms with Crippen LogP contribution >= 0.6 is 0 Å². The lowest BCUT2D eigenvalue weighted by molar-refractivity contribution is 0.669. The first-order valence-corrected chi connectivity index (χ1v) is 16.5. The van der Waals surface area contributed by atoms with Gasteiger partial charge in [0.15, 0.2) is 17.5 Å². The predicted octanol–water partition coefficient (Wildman–Crippen LogP) is 10.9. The Kier molecular flexibility index (Phi) is 6.39. The molecule has 6 aromatic carbocycles. The summed E-state index contributed by atoms with van der Waals surface area (Å²) < 4.78 is 8.46. The molecule has 0 atom stereocenters. The molecule has 0 radical (unpaired) electrons. The molecule has 0 aliphatic heterocycles. The first kappa shape index (κ1) is 28.1. The summed E-state index contributed by atoms with van der Waals surface area (Å²) in [5.74, 6) is 1.78. The van der Waals surface area contributed by atoms with Crippen molar-refractivity contribution in [3.05, 3.63) is 164 Å². The monoisotopic (exact) mass is 641 g/mol. The van der Waals surface area contributed by atoms with E-state index < -0.39 is 0 Å². The molecule has 50 heavy (non-hydrogen) atoms. The summed E-state index contributed by atoms with van der Waals surface area (Å²) in [7, 11) is 0. The van der Waals surface area contributed by atoms with Gasteiger partial charge in [0.1, 0.15) is 11.2 Å². The van der Waals surface area contributed by atoms with E-state index in [4.69, 9.17) is 19.4 Å². The third-order valence-electron chi connectivity index (χ3n) is 9.31. The van der Waals surface area contributed by atoms with Gasteiger partial charge in [-0.1, -0.05) is 91.0 Å². The first-order valence-electron chi connectivity index (χ1n) is 16.5. The summed E-state index contributed by atoms with van der Waals surface area (Å²) in [4.78, 5) is 19.8. The summed E-state index contributed by atoms with van der Waals surface area (Å²) in [6.07, 6.45) is 3.69. The summed E-state index contributed by atoms with van der Waals surface area (Å²) in [6, 6.07) is 52.0. The van der Waals surface area contributed by atoms with E-state index in [0.717, 1.165) is 66.5 Å². The number of pyridine rings is 1. The van der Waals surface area contributed by atoms with Crippen LogP contribution in [0.5, 0.6) is 0 Å². The van der Waals surface area contributed by atoms with Crippen LogP contribution < -0.4 is 0 Å². The molecule has 0 amide bonds. The van der Waals surface area contributed by atoms with E-state index in [0.29, 0.717) is 17.5 Å². The number of fused-ring (bicyclic) bond motifs is 6. The van der Waals surface area contributed by atoms with Gasteiger partial charge in [-0.15, -0.1) is 0 Å². The number of nitrogens with zero attached hydrogens (tertiary/aromatic N) is 5. The molecule has 0 fully saturated rings. The van der Waals surface area contributed by atoms with Crippen LogP contribution in [0.4, 0.5) is 0 Å². The fourth-order valence-corrected chi connectivity index (χ4v) is 6.99. The van der Waals surface area contributed by atoms with Crippen molar-refractivity contribution in [3.8, 4) is 51.0 Å². The van der Waals surface area contributed by atoms with Gasteiger partial charge in [-0.2, -0.15) is 0 Å². The lowest BCUT2D eigenvalue weighted by atomic mass is 10.0. The molecule has 0 N–H and O–H groups in total. The number of aromatic nitrogens is 5. The third-order valence-corrected chi connectivity index (χ3v) is 9.31. The summed E-state index contributed by atoms with van der Waals surface area (Å²) in [5, 5.41) is 4.48. The zero-order chi connectivity index (χ0) is 33.0. The number of furan rings is 1. The van der Waals surface area contributed by atoms with Crippen molar-refractivity contribution in [2.24, 2.45) is 0 Å². The molecule has 234 valence electrons. The second-order valence-corrected chi connectivity index (χ2v) is 12.4. The second-order valence-electron chi connectivity index (χ2n) is 12.4. The van der Waals surface area contributed by atoms with Gasteiger partial charge in [0.2, 0.25) is 0 Å². The lowest BCUT2D eigenvalue weighted by Gasteiger charge is -2.14. The van der Waals surface area contributed by atoms with E-state index in [1.807, 2.05) is 72.9 Å². The summed E-state index contributed by atoms with van der Waals surface area (Å²) >= 11 is 0. The molecule has 0 unspecified atom stereocenters. The van der Waals surface area contributed by atoms with E-state index in [9.17, 15) is 0 Å². The SMILES string of the molecule is c1ccc(-c2nc(-c3cc(-c4cccnc4)cc(-n4c5ccccc5c5ccccc54)c3)nc(-c3ccc4oc5ccccc5c4c3)n2)cc1. The highest BCUT2D eigenvalue weighted by Crippen LogP contribution is 2.37. The Morgan fingerprint density at radius 2 is 1.00 bits per heavy atom. The quantitative estimate of drug-likeness (QED) is 0.187. The fraction of sp³-hybridized carbons (Fsp3) is 0. The van der Waals surface area contributed by atoms with Gasteiger partial charge in [0.05, 0.1) is 11.0 Å². The average molecular weight is 642 g/mol. The molecule has 4 heterocycles. The Balaban J connectivity index is 1.23. The largest absolute Gasteiger partial charge is 0.456 e. The maximum atomic E-state index is 6.13. The predicted molar refractivity (Wildman–Crippen MR) is 201 cm³/mol. The minimum Gasteiger partial charge on any atom is -0.456 e. The molecular formula is C44H27N5O. The van der Waals surface area contributed by atoms with Crippen LogP contribution in [0.2, 0.25) is 0 Å². The van der Waals surface area contributed by atoms with Crippen molar-refractivity contribution in [3.63, 3.8) is 0 Å². The van der Waals surface area contributed by atoms with E-state index in [-0.39, 0.29) is 0 Å². The van der Waals surface area contributed by atoms with E-state index in [1.54, 1.807) is 6.20 Å². The Bertz CT molecular complexity index is 2820. The molecule has 0 bridgehead atoms. The molecule has 0 aliphatic rings. The Morgan fingerprint density at radius 1 is 0.400 bits per heavy atom. The third kappa shape index (κ3) is 4.65. The van der Waals surface area contributed by atoms with Crippen LogP contribution in [0.25, 0.3) is 94.7 Å². The topological polar surface area (TPSA) is 69.6 Å². The Hall–Kier alpha value is -6.92. The minimum atomic E-state index is 0.582. The summed E-state index contributed by atoms with van der Waals surface area (Å²) in [6.45, 7) is 0. The molecule has 0 aliphatic carbocycles. The molecule has 4 aromatic heterocycles. The molecule has 10 aromatic rings. The van der Waals surface area contributed by atoms with Gasteiger partial charge < -0.3 is 8.98 Å². The maximum absolute atomic E-state index is 6.13. The molecule has 0 saturated heterocycles. The molecule has 10 rings (SSSR count). The van der Waals surface area contributed by atoms with Crippen molar-refractivity contribution in [2.75, 3.05) is 0 Å². The zero-order valence-corrected chi connectivity index (χ0v) is 26.7. The number of benzene rings is 6. The van der Waals surface area contributed by atoms with E-state index >= 15 is 0 Å². The molecule has 6 heteroatoms. The zero-order valence-electron chi connectivity index (χ0n) is 26.7. The minimum absolute atomic E-state index is 0.582. The highest BCUT2D eigenvalue weighted by molar-refractivity contribution is 6.09. The highest BCUT2D eigenvalue weighted by Gasteiger charge is 2.18. The molecule has 6 nitrogen and oxygen atoms in total. The van der Waals surface area contributed by atoms with Crippen LogP contribution in [-0.2, 0) is 0 Å². The van der Waals surface area contributed by atoms with Gasteiger partial charge in [-0.25, -0.2) is 15.0 Å². The van der Waals surface area contributed by atoms with Crippen LogP contribution in [0.1, 0.15) is 0 Å². The van der Waals surface area contributed by atoms with Crippen molar-refractivity contribution in [1.29, 1.82) is 0 Å². The number of hydrogen-bond donors (Lipinski definition) is 0. The fourth-order valence-electron chi connectivity index (χ4n) is 6.99. The van der Waals surface area contributed by atoms with Gasteiger partial charge in [0, 0.05) is 61.9 Å². The Morgan fingerprint density at radius 3 is 1.74 bits per heavy atom. The molecule has 0 saturated carbocycles. The molecule has 0 spiro atoms. The lowest BCUT2D eigenvalue weighted by Crippen LogP contribution is -2.02. The normalized spacial score (nSPS) is 11.6. The standard InChI is InChI=1S/C44H27N5O/c1-2-11-28(12-3-1)42-46-43(29-20-21-41-37(26-29)36-16-6-9-19-40(36)50-41)48-44(47-42)32-23-31(30-13-10-22-45-27-30)24-33(25-32)49-38-17-7-4-14-34(38)35-15-5-8-18-39(35)49/h1-27H. The maximum Gasteiger partial charge on any atom is 0.164 e. The Labute approximate surface area is 287 Å². The second kappa shape index (κ2) is 11.4. The van der Waals surface area contributed by atoms with Gasteiger partial charge >= 0.3 is 0 Å². The van der Waals surface area contributed by atoms with Gasteiger partial charge in [-0.05, 0) is 66.2 Å². The number of hydrogen-bond acceptors (Lipinski definition) is 5. The van der Waals surface area contributed by atoms with Crippen molar-refractivity contribution in [1.82, 2.24) is 24.5 Å². The van der Waals surface area contributed by atoms with Crippen molar-refractivity contribution in [2.45, 2.75) is 0 Å². The highest BCUT2D eigenvalue weighted by atomic mass is 16.3. The number of para-hydroxylation sites is 3. The van der Waals surface area contributed by atoms with Crippen LogP contribution in [0.3, 0.4) is 0 Å². The first-order chi connectivity index (χ1) is 24.8. The van der Waals surface area contributed by atoms with Crippen molar-refractivity contribution < 1.29 is 4.42 Å². The van der Waals surface area contributed by atoms with Gasteiger partial charge in [0.25, 0.3) is 0 Å². The molecular weight excluding hydrogens is 615 g/mol. The smallest absolute Gasteiger partial charge is 0.164 e. The summed E-state index contributed by atoms with van der Waals surface area (Å²) in [5.41, 5.74) is 9.64. The van der Waals surface area contributed by atoms with E-state index in [2.05, 4.69) is 94.5 Å². The van der Waals surface area contributed by atoms with Crippen molar-refractivity contribution >= 4 is 43.7 Å².